The fourth-order valence-electron chi connectivity index (χ4n) is 3.27. The van der Waals surface area contributed by atoms with Crippen molar-refractivity contribution in [3.63, 3.8) is 0 Å². The molecule has 5 nitrogen and oxygen atoms in total. The molecule has 0 radical (unpaired) electrons. The average molecular weight is 370 g/mol. The van der Waals surface area contributed by atoms with Gasteiger partial charge in [0.15, 0.2) is 5.82 Å². The van der Waals surface area contributed by atoms with Crippen molar-refractivity contribution in [2.75, 3.05) is 23.3 Å². The van der Waals surface area contributed by atoms with Gasteiger partial charge in [0.05, 0.1) is 5.69 Å². The number of hydrogen-bond donors (Lipinski definition) is 1. The van der Waals surface area contributed by atoms with Gasteiger partial charge in [0.2, 0.25) is 5.91 Å². The minimum atomic E-state index is -0.170. The van der Waals surface area contributed by atoms with E-state index in [1.807, 2.05) is 66.7 Å². The highest BCUT2D eigenvalue weighted by Gasteiger charge is 2.14. The Morgan fingerprint density at radius 2 is 1.75 bits per heavy atom. The van der Waals surface area contributed by atoms with Gasteiger partial charge in [-0.15, -0.1) is 10.2 Å². The van der Waals surface area contributed by atoms with Crippen molar-refractivity contribution in [1.82, 2.24) is 10.2 Å². The molecule has 1 aliphatic rings. The molecule has 0 unspecified atom stereocenters. The minimum absolute atomic E-state index is 0.170. The number of nitrogens with zero attached hydrogens (tertiary/aromatic N) is 3. The monoisotopic (exact) mass is 370 g/mol. The van der Waals surface area contributed by atoms with Crippen LogP contribution in [0.2, 0.25) is 0 Å². The molecule has 0 atom stereocenters. The highest BCUT2D eigenvalue weighted by Crippen LogP contribution is 2.23. The lowest BCUT2D eigenvalue weighted by Crippen LogP contribution is -2.19. The van der Waals surface area contributed by atoms with Crippen molar-refractivity contribution in [3.05, 3.63) is 78.4 Å². The number of benzene rings is 2. The quantitative estimate of drug-likeness (QED) is 0.677. The third-order valence-electron chi connectivity index (χ3n) is 4.73. The average Bonchev–Trinajstić information content (AvgIpc) is 3.28. The van der Waals surface area contributed by atoms with E-state index < -0.39 is 0 Å². The maximum Gasteiger partial charge on any atom is 0.248 e. The summed E-state index contributed by atoms with van der Waals surface area (Å²) >= 11 is 0. The van der Waals surface area contributed by atoms with E-state index in [2.05, 4.69) is 20.4 Å². The summed E-state index contributed by atoms with van der Waals surface area (Å²) < 4.78 is 0. The minimum Gasteiger partial charge on any atom is -0.355 e. The van der Waals surface area contributed by atoms with Gasteiger partial charge in [-0.1, -0.05) is 42.5 Å². The molecule has 2 aromatic carbocycles. The second kappa shape index (κ2) is 8.48. The number of amides is 1. The van der Waals surface area contributed by atoms with Crippen LogP contribution in [0.5, 0.6) is 0 Å². The smallest absolute Gasteiger partial charge is 0.248 e. The van der Waals surface area contributed by atoms with Gasteiger partial charge in [0.25, 0.3) is 0 Å². The number of nitrogens with one attached hydrogen (secondary N) is 1. The molecule has 1 fully saturated rings. The first-order valence-electron chi connectivity index (χ1n) is 9.51. The van der Waals surface area contributed by atoms with Crippen molar-refractivity contribution in [3.8, 4) is 11.3 Å². The molecule has 0 saturated carbocycles. The Kier molecular flexibility index (Phi) is 5.43. The maximum absolute atomic E-state index is 12.2. The number of aromatic nitrogens is 2. The van der Waals surface area contributed by atoms with E-state index in [0.29, 0.717) is 0 Å². The van der Waals surface area contributed by atoms with Crippen LogP contribution >= 0.6 is 0 Å². The van der Waals surface area contributed by atoms with Crippen LogP contribution in [0.3, 0.4) is 0 Å². The maximum atomic E-state index is 12.2. The van der Waals surface area contributed by atoms with Crippen LogP contribution in [0.25, 0.3) is 17.3 Å². The zero-order chi connectivity index (χ0) is 19.2. The first-order valence-corrected chi connectivity index (χ1v) is 9.51. The molecule has 1 saturated heterocycles. The fourth-order valence-corrected chi connectivity index (χ4v) is 3.27. The Labute approximate surface area is 164 Å². The van der Waals surface area contributed by atoms with E-state index in [1.165, 1.54) is 18.9 Å². The van der Waals surface area contributed by atoms with Crippen molar-refractivity contribution < 1.29 is 4.79 Å². The summed E-state index contributed by atoms with van der Waals surface area (Å²) in [6.45, 7) is 2.10. The molecule has 28 heavy (non-hydrogen) atoms. The second-order valence-electron chi connectivity index (χ2n) is 6.78. The van der Waals surface area contributed by atoms with Gasteiger partial charge in [-0.3, -0.25) is 4.79 Å². The topological polar surface area (TPSA) is 58.1 Å². The predicted octanol–water partition coefficient (Wildman–Crippen LogP) is 4.40. The summed E-state index contributed by atoms with van der Waals surface area (Å²) in [6.07, 6.45) is 5.75. The lowest BCUT2D eigenvalue weighted by Gasteiger charge is -2.15. The van der Waals surface area contributed by atoms with E-state index in [9.17, 15) is 4.79 Å². The molecular formula is C23H22N4O. The molecule has 1 aromatic heterocycles. The van der Waals surface area contributed by atoms with Gasteiger partial charge in [0.1, 0.15) is 0 Å². The van der Waals surface area contributed by atoms with Gasteiger partial charge in [-0.25, -0.2) is 0 Å². The largest absolute Gasteiger partial charge is 0.355 e. The number of carbonyl (C=O) groups excluding carboxylic acids is 1. The molecule has 1 N–H and O–H groups in total. The highest BCUT2D eigenvalue weighted by atomic mass is 16.1. The molecule has 0 bridgehead atoms. The third kappa shape index (κ3) is 4.43. The molecule has 2 heterocycles. The lowest BCUT2D eigenvalue weighted by molar-refractivity contribution is -0.111. The van der Waals surface area contributed by atoms with E-state index >= 15 is 0 Å². The number of hydrogen-bond acceptors (Lipinski definition) is 4. The number of carbonyl (C=O) groups is 1. The van der Waals surface area contributed by atoms with Crippen LogP contribution in [0.4, 0.5) is 11.5 Å². The van der Waals surface area contributed by atoms with Crippen molar-refractivity contribution in [2.24, 2.45) is 0 Å². The molecular weight excluding hydrogens is 348 g/mol. The summed E-state index contributed by atoms with van der Waals surface area (Å²) in [6, 6.07) is 21.4. The number of rotatable bonds is 5. The van der Waals surface area contributed by atoms with Gasteiger partial charge in [-0.2, -0.15) is 0 Å². The van der Waals surface area contributed by atoms with E-state index in [1.54, 1.807) is 6.08 Å². The number of anilines is 2. The standard InChI is InChI=1S/C23H22N4O/c28-23(14-11-18-7-2-1-3-8-18)24-20-10-6-9-19(17-20)21-12-13-22(26-25-21)27-15-4-5-16-27/h1-3,6-14,17H,4-5,15-16H2,(H,24,28)/b14-11+. The predicted molar refractivity (Wildman–Crippen MR) is 113 cm³/mol. The highest BCUT2D eigenvalue weighted by molar-refractivity contribution is 6.02. The lowest BCUT2D eigenvalue weighted by atomic mass is 10.1. The Hall–Kier alpha value is -3.47. The third-order valence-corrected chi connectivity index (χ3v) is 4.73. The summed E-state index contributed by atoms with van der Waals surface area (Å²) in [7, 11) is 0. The Bertz CT molecular complexity index is 961. The Morgan fingerprint density at radius 1 is 0.929 bits per heavy atom. The normalized spacial score (nSPS) is 13.8. The van der Waals surface area contributed by atoms with Crippen molar-refractivity contribution in [2.45, 2.75) is 12.8 Å². The fraction of sp³-hybridized carbons (Fsp3) is 0.174. The molecule has 0 spiro atoms. The van der Waals surface area contributed by atoms with Crippen LogP contribution in [-0.4, -0.2) is 29.2 Å². The van der Waals surface area contributed by atoms with Crippen LogP contribution in [0.1, 0.15) is 18.4 Å². The van der Waals surface area contributed by atoms with E-state index in [4.69, 9.17) is 0 Å². The first-order chi connectivity index (χ1) is 13.8. The SMILES string of the molecule is O=C(/C=C/c1ccccc1)Nc1cccc(-c2ccc(N3CCCC3)nn2)c1. The zero-order valence-electron chi connectivity index (χ0n) is 15.6. The van der Waals surface area contributed by atoms with Crippen LogP contribution in [-0.2, 0) is 4.79 Å². The van der Waals surface area contributed by atoms with Gasteiger partial charge >= 0.3 is 0 Å². The summed E-state index contributed by atoms with van der Waals surface area (Å²) in [5, 5.41) is 11.6. The van der Waals surface area contributed by atoms with Gasteiger partial charge < -0.3 is 10.2 Å². The molecule has 140 valence electrons. The van der Waals surface area contributed by atoms with Gasteiger partial charge in [-0.05, 0) is 48.7 Å². The molecule has 1 amide bonds. The van der Waals surface area contributed by atoms with Gasteiger partial charge in [0, 0.05) is 30.4 Å². The summed E-state index contributed by atoms with van der Waals surface area (Å²) in [5.41, 5.74) is 3.43. The first kappa shape index (κ1) is 17.9. The van der Waals surface area contributed by atoms with Crippen LogP contribution in [0.15, 0.2) is 72.8 Å². The molecule has 0 aliphatic carbocycles. The molecule has 4 rings (SSSR count). The van der Waals surface area contributed by atoms with Crippen molar-refractivity contribution >= 4 is 23.5 Å². The summed E-state index contributed by atoms with van der Waals surface area (Å²) in [5.74, 6) is 0.758. The Balaban J connectivity index is 1.44. The zero-order valence-corrected chi connectivity index (χ0v) is 15.6. The van der Waals surface area contributed by atoms with Crippen molar-refractivity contribution in [1.29, 1.82) is 0 Å². The summed E-state index contributed by atoms with van der Waals surface area (Å²) in [4.78, 5) is 14.5. The van der Waals surface area contributed by atoms with Crippen LogP contribution in [0, 0.1) is 0 Å². The Morgan fingerprint density at radius 3 is 2.50 bits per heavy atom. The van der Waals surface area contributed by atoms with E-state index in [-0.39, 0.29) is 5.91 Å². The van der Waals surface area contributed by atoms with Crippen LogP contribution < -0.4 is 10.2 Å². The van der Waals surface area contributed by atoms with E-state index in [0.717, 1.165) is 41.4 Å². The molecule has 5 heteroatoms. The molecule has 3 aromatic rings. The molecule has 1 aliphatic heterocycles. The second-order valence-corrected chi connectivity index (χ2v) is 6.78.